The number of benzene rings is 2. The van der Waals surface area contributed by atoms with Crippen molar-refractivity contribution in [3.05, 3.63) is 65.5 Å². The second kappa shape index (κ2) is 8.44. The fourth-order valence-electron chi connectivity index (χ4n) is 5.01. The number of nitrogens with zero attached hydrogens (tertiary/aromatic N) is 4. The van der Waals surface area contributed by atoms with Crippen LogP contribution in [0.15, 0.2) is 48.5 Å². The van der Waals surface area contributed by atoms with E-state index in [0.29, 0.717) is 12.1 Å². The number of hydrogen-bond acceptors (Lipinski definition) is 4. The first-order valence-corrected chi connectivity index (χ1v) is 11.4. The summed E-state index contributed by atoms with van der Waals surface area (Å²) in [6.07, 6.45) is 3.95. The lowest BCUT2D eigenvalue weighted by Gasteiger charge is -2.34. The molecule has 3 aromatic rings. The van der Waals surface area contributed by atoms with Crippen molar-refractivity contribution in [1.82, 2.24) is 19.4 Å². The normalized spacial score (nSPS) is 20.6. The van der Waals surface area contributed by atoms with Gasteiger partial charge in [-0.3, -0.25) is 9.69 Å². The number of rotatable bonds is 4. The first kappa shape index (κ1) is 20.2. The summed E-state index contributed by atoms with van der Waals surface area (Å²) < 4.78 is 2.13. The summed E-state index contributed by atoms with van der Waals surface area (Å²) >= 11 is 0. The molecule has 0 aliphatic carbocycles. The molecule has 162 valence electrons. The highest BCUT2D eigenvalue weighted by molar-refractivity contribution is 5.97. The number of carbonyl (C=O) groups is 1. The van der Waals surface area contributed by atoms with Gasteiger partial charge in [0.1, 0.15) is 5.82 Å². The Balaban J connectivity index is 1.30. The predicted octanol–water partition coefficient (Wildman–Crippen LogP) is 2.80. The van der Waals surface area contributed by atoms with Gasteiger partial charge >= 0.3 is 0 Å². The van der Waals surface area contributed by atoms with Crippen molar-refractivity contribution < 1.29 is 4.79 Å². The van der Waals surface area contributed by atoms with Gasteiger partial charge in [-0.25, -0.2) is 4.98 Å². The monoisotopic (exact) mass is 417 g/mol. The zero-order valence-corrected chi connectivity index (χ0v) is 18.2. The summed E-state index contributed by atoms with van der Waals surface area (Å²) in [5.41, 5.74) is 9.97. The summed E-state index contributed by atoms with van der Waals surface area (Å²) in [7, 11) is 2.05. The number of amides is 1. The minimum atomic E-state index is 0.119. The van der Waals surface area contributed by atoms with Crippen molar-refractivity contribution >= 4 is 16.9 Å². The van der Waals surface area contributed by atoms with Gasteiger partial charge < -0.3 is 15.2 Å². The van der Waals surface area contributed by atoms with E-state index < -0.39 is 0 Å². The van der Waals surface area contributed by atoms with E-state index >= 15 is 0 Å². The molecule has 0 bridgehead atoms. The Morgan fingerprint density at radius 1 is 1.06 bits per heavy atom. The maximum atomic E-state index is 13.2. The fraction of sp³-hybridized carbons (Fsp3) is 0.440. The second-order valence-corrected chi connectivity index (χ2v) is 9.02. The van der Waals surface area contributed by atoms with Crippen LogP contribution < -0.4 is 5.73 Å². The van der Waals surface area contributed by atoms with E-state index in [0.717, 1.165) is 74.3 Å². The molecule has 1 amide bonds. The molecular weight excluding hydrogens is 386 g/mol. The molecule has 2 aliphatic rings. The van der Waals surface area contributed by atoms with Crippen molar-refractivity contribution in [2.75, 3.05) is 26.2 Å². The number of imidazole rings is 1. The highest BCUT2D eigenvalue weighted by Crippen LogP contribution is 2.24. The average Bonchev–Trinajstić information content (AvgIpc) is 3.40. The lowest BCUT2D eigenvalue weighted by molar-refractivity contribution is 0.0769. The lowest BCUT2D eigenvalue weighted by atomic mass is 10.0. The van der Waals surface area contributed by atoms with Crippen LogP contribution in [0.1, 0.15) is 41.0 Å². The molecule has 3 heterocycles. The van der Waals surface area contributed by atoms with E-state index in [2.05, 4.69) is 33.7 Å². The van der Waals surface area contributed by atoms with Gasteiger partial charge in [0.05, 0.1) is 11.0 Å². The van der Waals surface area contributed by atoms with Gasteiger partial charge in [0.2, 0.25) is 0 Å². The Morgan fingerprint density at radius 3 is 2.61 bits per heavy atom. The van der Waals surface area contributed by atoms with E-state index in [1.807, 2.05) is 36.2 Å². The molecule has 6 heteroatoms. The Hall–Kier alpha value is -2.70. The zero-order chi connectivity index (χ0) is 21.4. The van der Waals surface area contributed by atoms with Gasteiger partial charge in [-0.2, -0.15) is 0 Å². The first-order valence-electron chi connectivity index (χ1n) is 11.4. The van der Waals surface area contributed by atoms with Crippen LogP contribution in [0.4, 0.5) is 0 Å². The summed E-state index contributed by atoms with van der Waals surface area (Å²) in [6.45, 7) is 3.75. The SMILES string of the molecule is Cn1c(Cc2ccccc2)nc2cc(C(=O)N3CCC(N4CCC(N)CC4)C3)ccc21. The molecule has 1 atom stereocenters. The Bertz CT molecular complexity index is 1070. The third-order valence-electron chi connectivity index (χ3n) is 6.97. The van der Waals surface area contributed by atoms with Crippen LogP contribution >= 0.6 is 0 Å². The van der Waals surface area contributed by atoms with Crippen molar-refractivity contribution in [3.63, 3.8) is 0 Å². The Kier molecular flexibility index (Phi) is 5.50. The minimum absolute atomic E-state index is 0.119. The predicted molar refractivity (Wildman–Crippen MR) is 123 cm³/mol. The van der Waals surface area contributed by atoms with E-state index in [4.69, 9.17) is 10.7 Å². The standard InChI is InChI=1S/C25H31N5O/c1-28-23-8-7-19(16-22(23)27-24(28)15-18-5-3-2-4-6-18)25(31)30-14-11-21(17-30)29-12-9-20(26)10-13-29/h2-8,16,20-21H,9-15,17,26H2,1H3. The minimum Gasteiger partial charge on any atom is -0.337 e. The molecule has 2 saturated heterocycles. The number of carbonyl (C=O) groups excluding carboxylic acids is 1. The van der Waals surface area contributed by atoms with Crippen molar-refractivity contribution in [1.29, 1.82) is 0 Å². The zero-order valence-electron chi connectivity index (χ0n) is 18.2. The largest absolute Gasteiger partial charge is 0.337 e. The van der Waals surface area contributed by atoms with Gasteiger partial charge in [0.25, 0.3) is 5.91 Å². The molecule has 2 aromatic carbocycles. The molecule has 2 fully saturated rings. The number of likely N-dealkylation sites (tertiary alicyclic amines) is 2. The molecule has 0 spiro atoms. The molecule has 1 unspecified atom stereocenters. The molecule has 5 rings (SSSR count). The molecule has 6 nitrogen and oxygen atoms in total. The summed E-state index contributed by atoms with van der Waals surface area (Å²) in [6, 6.07) is 17.1. The smallest absolute Gasteiger partial charge is 0.253 e. The van der Waals surface area contributed by atoms with E-state index in [1.54, 1.807) is 0 Å². The van der Waals surface area contributed by atoms with Gasteiger partial charge in [-0.15, -0.1) is 0 Å². The quantitative estimate of drug-likeness (QED) is 0.709. The van der Waals surface area contributed by atoms with Gasteiger partial charge in [0, 0.05) is 44.2 Å². The van der Waals surface area contributed by atoms with Crippen molar-refractivity contribution in [2.45, 2.75) is 37.8 Å². The number of aromatic nitrogens is 2. The number of fused-ring (bicyclic) bond motifs is 1. The lowest BCUT2D eigenvalue weighted by Crippen LogP contribution is -2.46. The van der Waals surface area contributed by atoms with E-state index in [1.165, 1.54) is 5.56 Å². The number of nitrogens with two attached hydrogens (primary N) is 1. The van der Waals surface area contributed by atoms with Crippen LogP contribution in [0.3, 0.4) is 0 Å². The van der Waals surface area contributed by atoms with Crippen LogP contribution in [-0.2, 0) is 13.5 Å². The number of hydrogen-bond donors (Lipinski definition) is 1. The van der Waals surface area contributed by atoms with Crippen molar-refractivity contribution in [3.8, 4) is 0 Å². The highest BCUT2D eigenvalue weighted by atomic mass is 16.2. The van der Waals surface area contributed by atoms with Crippen LogP contribution in [-0.4, -0.2) is 63.5 Å². The second-order valence-electron chi connectivity index (χ2n) is 9.02. The van der Waals surface area contributed by atoms with Crippen LogP contribution in [0.25, 0.3) is 11.0 Å². The molecule has 0 saturated carbocycles. The molecule has 2 aliphatic heterocycles. The molecule has 0 radical (unpaired) electrons. The van der Waals surface area contributed by atoms with Crippen molar-refractivity contribution in [2.24, 2.45) is 12.8 Å². The van der Waals surface area contributed by atoms with Gasteiger partial charge in [-0.1, -0.05) is 30.3 Å². The topological polar surface area (TPSA) is 67.4 Å². The molecule has 31 heavy (non-hydrogen) atoms. The van der Waals surface area contributed by atoms with E-state index in [9.17, 15) is 4.79 Å². The fourth-order valence-corrected chi connectivity index (χ4v) is 5.01. The van der Waals surface area contributed by atoms with Gasteiger partial charge in [0.15, 0.2) is 0 Å². The molecule has 1 aromatic heterocycles. The maximum absolute atomic E-state index is 13.2. The van der Waals surface area contributed by atoms with Gasteiger partial charge in [-0.05, 0) is 56.1 Å². The third kappa shape index (κ3) is 4.10. The molecule has 2 N–H and O–H groups in total. The summed E-state index contributed by atoms with van der Waals surface area (Å²) in [4.78, 5) is 22.6. The van der Waals surface area contributed by atoms with E-state index in [-0.39, 0.29) is 5.91 Å². The maximum Gasteiger partial charge on any atom is 0.253 e. The first-order chi connectivity index (χ1) is 15.1. The average molecular weight is 418 g/mol. The van der Waals surface area contributed by atoms with Crippen LogP contribution in [0.5, 0.6) is 0 Å². The number of piperidine rings is 1. The Labute approximate surface area is 183 Å². The highest BCUT2D eigenvalue weighted by Gasteiger charge is 2.32. The van der Waals surface area contributed by atoms with Crippen LogP contribution in [0, 0.1) is 0 Å². The van der Waals surface area contributed by atoms with Crippen LogP contribution in [0.2, 0.25) is 0 Å². The summed E-state index contributed by atoms with van der Waals surface area (Å²) in [5.74, 6) is 1.13. The summed E-state index contributed by atoms with van der Waals surface area (Å²) in [5, 5.41) is 0. The molecular formula is C25H31N5O. The third-order valence-corrected chi connectivity index (χ3v) is 6.97. The number of aryl methyl sites for hydroxylation is 1. The Morgan fingerprint density at radius 2 is 1.84 bits per heavy atom.